The zero-order valence-corrected chi connectivity index (χ0v) is 13.2. The number of benzene rings is 2. The molecule has 1 aliphatic rings. The maximum Gasteiger partial charge on any atom is 0.255 e. The first-order valence-electron chi connectivity index (χ1n) is 7.89. The van der Waals surface area contributed by atoms with Gasteiger partial charge in [-0.15, -0.1) is 0 Å². The summed E-state index contributed by atoms with van der Waals surface area (Å²) in [4.78, 5) is 19.5. The van der Waals surface area contributed by atoms with E-state index in [1.54, 1.807) is 18.6 Å². The highest BCUT2D eigenvalue weighted by Gasteiger charge is 2.20. The summed E-state index contributed by atoms with van der Waals surface area (Å²) >= 11 is 0. The number of hydrogen-bond acceptors (Lipinski definition) is 3. The predicted molar refractivity (Wildman–Crippen MR) is 92.2 cm³/mol. The van der Waals surface area contributed by atoms with E-state index in [4.69, 9.17) is 4.74 Å². The Morgan fingerprint density at radius 2 is 2.08 bits per heavy atom. The number of carbonyl (C=O) groups is 1. The maximum absolute atomic E-state index is 12.4. The molecule has 0 bridgehead atoms. The van der Waals surface area contributed by atoms with Gasteiger partial charge in [-0.25, -0.2) is 4.98 Å². The number of amides is 1. The number of fused-ring (bicyclic) bond motifs is 1. The second-order valence-electron chi connectivity index (χ2n) is 5.95. The smallest absolute Gasteiger partial charge is 0.255 e. The molecule has 2 heterocycles. The quantitative estimate of drug-likeness (QED) is 0.774. The van der Waals surface area contributed by atoms with Gasteiger partial charge in [0.05, 0.1) is 18.2 Å². The van der Waals surface area contributed by atoms with Gasteiger partial charge < -0.3 is 15.0 Å². The fourth-order valence-electron chi connectivity index (χ4n) is 2.91. The first-order chi connectivity index (χ1) is 11.7. The number of hydrogen-bond donors (Lipinski definition) is 2. The van der Waals surface area contributed by atoms with Crippen molar-refractivity contribution in [2.24, 2.45) is 0 Å². The van der Waals surface area contributed by atoms with Gasteiger partial charge in [0, 0.05) is 17.7 Å². The van der Waals surface area contributed by atoms with Crippen molar-refractivity contribution in [1.82, 2.24) is 9.97 Å². The second kappa shape index (κ2) is 5.85. The average molecular weight is 319 g/mol. The highest BCUT2D eigenvalue weighted by atomic mass is 16.5. The Hall–Kier alpha value is -3.08. The number of ether oxygens (including phenoxy) is 1. The van der Waals surface area contributed by atoms with E-state index in [1.165, 1.54) is 0 Å². The van der Waals surface area contributed by atoms with Crippen molar-refractivity contribution in [2.45, 2.75) is 19.4 Å². The van der Waals surface area contributed by atoms with Crippen LogP contribution in [0.4, 0.5) is 5.69 Å². The molecule has 120 valence electrons. The van der Waals surface area contributed by atoms with Crippen LogP contribution in [-0.2, 0) is 6.42 Å². The molecule has 24 heavy (non-hydrogen) atoms. The molecule has 0 radical (unpaired) electrons. The Morgan fingerprint density at radius 3 is 2.83 bits per heavy atom. The van der Waals surface area contributed by atoms with Crippen LogP contribution < -0.4 is 10.1 Å². The second-order valence-corrected chi connectivity index (χ2v) is 5.95. The fraction of sp³-hybridized carbons (Fsp3) is 0.158. The van der Waals surface area contributed by atoms with E-state index in [0.29, 0.717) is 5.56 Å². The number of imidazole rings is 1. The highest BCUT2D eigenvalue weighted by molar-refractivity contribution is 6.04. The lowest BCUT2D eigenvalue weighted by Crippen LogP contribution is -2.11. The topological polar surface area (TPSA) is 67.0 Å². The SMILES string of the molecule is CC1Cc2cc(C(=O)Nc3ccc(-c4cnc[nH]4)cc3)ccc2O1. The van der Waals surface area contributed by atoms with Crippen molar-refractivity contribution < 1.29 is 9.53 Å². The molecule has 2 N–H and O–H groups in total. The van der Waals surface area contributed by atoms with Gasteiger partial charge in [0.2, 0.25) is 0 Å². The Kier molecular flexibility index (Phi) is 3.54. The first-order valence-corrected chi connectivity index (χ1v) is 7.89. The summed E-state index contributed by atoms with van der Waals surface area (Å²) in [5.74, 6) is 0.759. The number of carbonyl (C=O) groups excluding carboxylic acids is 1. The van der Waals surface area contributed by atoms with Crippen LogP contribution >= 0.6 is 0 Å². The lowest BCUT2D eigenvalue weighted by molar-refractivity contribution is 0.102. The van der Waals surface area contributed by atoms with Gasteiger partial charge >= 0.3 is 0 Å². The third kappa shape index (κ3) is 2.76. The van der Waals surface area contributed by atoms with E-state index in [0.717, 1.165) is 34.7 Å². The number of aromatic nitrogens is 2. The number of anilines is 1. The van der Waals surface area contributed by atoms with E-state index in [-0.39, 0.29) is 12.0 Å². The molecule has 0 spiro atoms. The van der Waals surface area contributed by atoms with Gasteiger partial charge in [0.1, 0.15) is 11.9 Å². The molecule has 0 saturated carbocycles. The Labute approximate surface area is 139 Å². The molecule has 0 aliphatic carbocycles. The molecular formula is C19H17N3O2. The number of nitrogens with one attached hydrogen (secondary N) is 2. The zero-order chi connectivity index (χ0) is 16.5. The van der Waals surface area contributed by atoms with Crippen LogP contribution in [0.3, 0.4) is 0 Å². The van der Waals surface area contributed by atoms with Gasteiger partial charge in [0.15, 0.2) is 0 Å². The number of nitrogens with zero attached hydrogens (tertiary/aromatic N) is 1. The Bertz CT molecular complexity index is 870. The molecule has 5 heteroatoms. The zero-order valence-electron chi connectivity index (χ0n) is 13.2. The molecular weight excluding hydrogens is 302 g/mol. The number of aromatic amines is 1. The largest absolute Gasteiger partial charge is 0.490 e. The van der Waals surface area contributed by atoms with E-state index < -0.39 is 0 Å². The molecule has 0 saturated heterocycles. The minimum absolute atomic E-state index is 0.119. The van der Waals surface area contributed by atoms with Crippen LogP contribution in [0.5, 0.6) is 5.75 Å². The minimum atomic E-state index is -0.119. The van der Waals surface area contributed by atoms with Crippen LogP contribution in [0.15, 0.2) is 55.0 Å². The van der Waals surface area contributed by atoms with Crippen LogP contribution in [0.25, 0.3) is 11.3 Å². The number of rotatable bonds is 3. The van der Waals surface area contributed by atoms with Crippen LogP contribution in [-0.4, -0.2) is 22.0 Å². The summed E-state index contributed by atoms with van der Waals surface area (Å²) in [6.07, 6.45) is 4.42. The van der Waals surface area contributed by atoms with Crippen molar-refractivity contribution in [2.75, 3.05) is 5.32 Å². The third-order valence-electron chi connectivity index (χ3n) is 4.11. The molecule has 0 fully saturated rings. The monoisotopic (exact) mass is 319 g/mol. The van der Waals surface area contributed by atoms with E-state index in [9.17, 15) is 4.79 Å². The molecule has 1 atom stereocenters. The number of H-pyrrole nitrogens is 1. The van der Waals surface area contributed by atoms with Crippen molar-refractivity contribution >= 4 is 11.6 Å². The lowest BCUT2D eigenvalue weighted by Gasteiger charge is -2.07. The Balaban J connectivity index is 1.49. The molecule has 4 rings (SSSR count). The molecule has 1 aromatic heterocycles. The summed E-state index contributed by atoms with van der Waals surface area (Å²) < 4.78 is 5.67. The summed E-state index contributed by atoms with van der Waals surface area (Å²) in [7, 11) is 0. The first kappa shape index (κ1) is 14.5. The molecule has 1 aliphatic heterocycles. The van der Waals surface area contributed by atoms with Crippen molar-refractivity contribution in [3.63, 3.8) is 0 Å². The lowest BCUT2D eigenvalue weighted by atomic mass is 10.1. The summed E-state index contributed by atoms with van der Waals surface area (Å²) in [6, 6.07) is 13.2. The average Bonchev–Trinajstić information content (AvgIpc) is 3.23. The standard InChI is InChI=1S/C19H17N3O2/c1-12-8-15-9-14(4-7-18(15)24-12)19(23)22-16-5-2-13(3-6-16)17-10-20-11-21-17/h2-7,9-12H,8H2,1H3,(H,20,21)(H,22,23). The molecule has 3 aromatic rings. The van der Waals surface area contributed by atoms with E-state index >= 15 is 0 Å². The van der Waals surface area contributed by atoms with Gasteiger partial charge in [0.25, 0.3) is 5.91 Å². The normalized spacial score (nSPS) is 15.6. The van der Waals surface area contributed by atoms with Crippen LogP contribution in [0.1, 0.15) is 22.8 Å². The minimum Gasteiger partial charge on any atom is -0.490 e. The summed E-state index contributed by atoms with van der Waals surface area (Å²) in [5, 5.41) is 2.93. The predicted octanol–water partition coefficient (Wildman–Crippen LogP) is 3.65. The third-order valence-corrected chi connectivity index (χ3v) is 4.11. The molecule has 1 amide bonds. The highest BCUT2D eigenvalue weighted by Crippen LogP contribution is 2.29. The molecule has 5 nitrogen and oxygen atoms in total. The van der Waals surface area contributed by atoms with Crippen molar-refractivity contribution in [3.05, 3.63) is 66.1 Å². The molecule has 1 unspecified atom stereocenters. The van der Waals surface area contributed by atoms with Gasteiger partial charge in [-0.3, -0.25) is 4.79 Å². The summed E-state index contributed by atoms with van der Waals surface area (Å²) in [5.41, 5.74) is 4.46. The molecule has 2 aromatic carbocycles. The van der Waals surface area contributed by atoms with Crippen LogP contribution in [0.2, 0.25) is 0 Å². The van der Waals surface area contributed by atoms with Crippen molar-refractivity contribution in [3.8, 4) is 17.0 Å². The van der Waals surface area contributed by atoms with Gasteiger partial charge in [-0.05, 0) is 48.4 Å². The fourth-order valence-corrected chi connectivity index (χ4v) is 2.91. The van der Waals surface area contributed by atoms with Crippen molar-refractivity contribution in [1.29, 1.82) is 0 Å². The summed E-state index contributed by atoms with van der Waals surface area (Å²) in [6.45, 7) is 2.03. The van der Waals surface area contributed by atoms with Crippen LogP contribution in [0, 0.1) is 0 Å². The van der Waals surface area contributed by atoms with Gasteiger partial charge in [-0.2, -0.15) is 0 Å². The van der Waals surface area contributed by atoms with Gasteiger partial charge in [-0.1, -0.05) is 12.1 Å². The van der Waals surface area contributed by atoms with E-state index in [2.05, 4.69) is 15.3 Å². The maximum atomic E-state index is 12.4. The van der Waals surface area contributed by atoms with E-state index in [1.807, 2.05) is 43.3 Å². The Morgan fingerprint density at radius 1 is 1.25 bits per heavy atom.